The van der Waals surface area contributed by atoms with Gasteiger partial charge in [-0.15, -0.1) is 0 Å². The molecular weight excluding hydrogens is 282 g/mol. The van der Waals surface area contributed by atoms with E-state index >= 15 is 0 Å². The van der Waals surface area contributed by atoms with Gasteiger partial charge >= 0.3 is 0 Å². The lowest BCUT2D eigenvalue weighted by Crippen LogP contribution is -2.50. The van der Waals surface area contributed by atoms with Crippen LogP contribution in [0, 0.1) is 0 Å². The summed E-state index contributed by atoms with van der Waals surface area (Å²) < 4.78 is 6.10. The van der Waals surface area contributed by atoms with Crippen LogP contribution in [0.3, 0.4) is 0 Å². The quantitative estimate of drug-likeness (QED) is 0.828. The molecule has 3 rings (SSSR count). The number of nitrogens with zero attached hydrogens (tertiary/aromatic N) is 4. The first-order valence-electron chi connectivity index (χ1n) is 7.68. The van der Waals surface area contributed by atoms with Crippen molar-refractivity contribution in [2.45, 2.75) is 24.9 Å². The van der Waals surface area contributed by atoms with Crippen LogP contribution in [0.25, 0.3) is 0 Å². The zero-order valence-electron chi connectivity index (χ0n) is 13.2. The highest BCUT2D eigenvalue weighted by Gasteiger charge is 2.43. The number of nitrogen functional groups attached to an aromatic ring is 1. The van der Waals surface area contributed by atoms with Crippen molar-refractivity contribution < 1.29 is 9.53 Å². The molecule has 2 aliphatic rings. The van der Waals surface area contributed by atoms with Gasteiger partial charge in [-0.2, -0.15) is 0 Å². The molecule has 2 aliphatic heterocycles. The summed E-state index contributed by atoms with van der Waals surface area (Å²) >= 11 is 0. The number of carbonyl (C=O) groups excluding carboxylic acids is 1. The van der Waals surface area contributed by atoms with Crippen LogP contribution in [0.2, 0.25) is 0 Å². The van der Waals surface area contributed by atoms with Gasteiger partial charge in [0, 0.05) is 19.3 Å². The summed E-state index contributed by atoms with van der Waals surface area (Å²) in [5.74, 6) is 0.452. The van der Waals surface area contributed by atoms with Crippen LogP contribution in [-0.2, 0) is 21.6 Å². The molecule has 1 fully saturated rings. The maximum atomic E-state index is 12.2. The molecule has 3 heterocycles. The van der Waals surface area contributed by atoms with Crippen LogP contribution in [0.1, 0.15) is 24.1 Å². The summed E-state index contributed by atoms with van der Waals surface area (Å²) in [6.07, 6.45) is 4.15. The molecule has 1 spiro atoms. The van der Waals surface area contributed by atoms with E-state index < -0.39 is 5.60 Å². The van der Waals surface area contributed by atoms with Gasteiger partial charge in [-0.1, -0.05) is 0 Å². The topological polar surface area (TPSA) is 84.6 Å². The third-order valence-electron chi connectivity index (χ3n) is 4.44. The molecular formula is C15H23N5O2. The average Bonchev–Trinajstić information content (AvgIpc) is 2.48. The fraction of sp³-hybridized carbons (Fsp3) is 0.667. The Hall–Kier alpha value is -1.73. The summed E-state index contributed by atoms with van der Waals surface area (Å²) in [6.45, 7) is 2.50. The van der Waals surface area contributed by atoms with Gasteiger partial charge in [-0.25, -0.2) is 9.97 Å². The molecule has 0 unspecified atom stereocenters. The Bertz CT molecular complexity index is 567. The molecule has 0 aliphatic carbocycles. The zero-order chi connectivity index (χ0) is 15.7. The minimum Gasteiger partial charge on any atom is -0.368 e. The second-order valence-electron chi connectivity index (χ2n) is 6.31. The van der Waals surface area contributed by atoms with Crippen LogP contribution < -0.4 is 5.73 Å². The lowest BCUT2D eigenvalue weighted by Gasteiger charge is -2.44. The molecule has 120 valence electrons. The molecule has 1 saturated heterocycles. The predicted molar refractivity (Wildman–Crippen MR) is 82.1 cm³/mol. The standard InChI is InChI=1S/C15H23N5O2/c1-19(2)10-12(21)20-6-4-15(5-7-20)13-11(3-8-22-15)9-17-14(16)18-13/h9H,3-8,10H2,1-2H3,(H2,16,17,18). The Morgan fingerprint density at radius 1 is 1.45 bits per heavy atom. The number of piperidine rings is 1. The minimum absolute atomic E-state index is 0.165. The first-order chi connectivity index (χ1) is 10.5. The van der Waals surface area contributed by atoms with Crippen molar-refractivity contribution in [1.29, 1.82) is 0 Å². The number of carbonyl (C=O) groups is 1. The highest BCUT2D eigenvalue weighted by molar-refractivity contribution is 5.78. The Balaban J connectivity index is 1.76. The van der Waals surface area contributed by atoms with Crippen molar-refractivity contribution in [2.24, 2.45) is 0 Å². The van der Waals surface area contributed by atoms with Crippen LogP contribution >= 0.6 is 0 Å². The number of hydrogen-bond donors (Lipinski definition) is 1. The van der Waals surface area contributed by atoms with E-state index in [9.17, 15) is 4.79 Å². The van der Waals surface area contributed by atoms with E-state index in [4.69, 9.17) is 10.5 Å². The molecule has 0 saturated carbocycles. The fourth-order valence-electron chi connectivity index (χ4n) is 3.29. The summed E-state index contributed by atoms with van der Waals surface area (Å²) in [7, 11) is 3.81. The third-order valence-corrected chi connectivity index (χ3v) is 4.44. The van der Waals surface area contributed by atoms with Crippen LogP contribution in [-0.4, -0.2) is 66.0 Å². The molecule has 7 heteroatoms. The van der Waals surface area contributed by atoms with Crippen LogP contribution in [0.15, 0.2) is 6.20 Å². The minimum atomic E-state index is -0.403. The zero-order valence-corrected chi connectivity index (χ0v) is 13.2. The van der Waals surface area contributed by atoms with E-state index in [1.54, 1.807) is 0 Å². The monoisotopic (exact) mass is 305 g/mol. The Morgan fingerprint density at radius 3 is 2.86 bits per heavy atom. The van der Waals surface area contributed by atoms with E-state index in [0.29, 0.717) is 26.2 Å². The maximum absolute atomic E-state index is 12.2. The van der Waals surface area contributed by atoms with Gasteiger partial charge in [-0.05, 0) is 38.9 Å². The molecule has 0 aromatic carbocycles. The number of likely N-dealkylation sites (N-methyl/N-ethyl adjacent to an activating group) is 1. The van der Waals surface area contributed by atoms with Gasteiger partial charge in [0.1, 0.15) is 5.60 Å². The Morgan fingerprint density at radius 2 is 2.18 bits per heavy atom. The molecule has 0 bridgehead atoms. The lowest BCUT2D eigenvalue weighted by molar-refractivity contribution is -0.141. The second-order valence-corrected chi connectivity index (χ2v) is 6.31. The summed E-state index contributed by atoms with van der Waals surface area (Å²) in [6, 6.07) is 0. The molecule has 2 N–H and O–H groups in total. The predicted octanol–water partition coefficient (Wildman–Crippen LogP) is 0.0108. The summed E-state index contributed by atoms with van der Waals surface area (Å²) in [4.78, 5) is 24.5. The van der Waals surface area contributed by atoms with E-state index in [1.165, 1.54) is 0 Å². The number of likely N-dealkylation sites (tertiary alicyclic amines) is 1. The van der Waals surface area contributed by atoms with Gasteiger partial charge < -0.3 is 20.3 Å². The Labute approximate surface area is 130 Å². The molecule has 22 heavy (non-hydrogen) atoms. The smallest absolute Gasteiger partial charge is 0.236 e. The van der Waals surface area contributed by atoms with Gasteiger partial charge in [0.05, 0.1) is 18.8 Å². The second kappa shape index (κ2) is 5.81. The van der Waals surface area contributed by atoms with Crippen molar-refractivity contribution in [3.63, 3.8) is 0 Å². The maximum Gasteiger partial charge on any atom is 0.236 e. The average molecular weight is 305 g/mol. The van der Waals surface area contributed by atoms with Crippen molar-refractivity contribution >= 4 is 11.9 Å². The van der Waals surface area contributed by atoms with Crippen molar-refractivity contribution in [1.82, 2.24) is 19.8 Å². The fourth-order valence-corrected chi connectivity index (χ4v) is 3.29. The number of hydrogen-bond acceptors (Lipinski definition) is 6. The number of anilines is 1. The van der Waals surface area contributed by atoms with E-state index in [-0.39, 0.29) is 11.9 Å². The highest BCUT2D eigenvalue weighted by Crippen LogP contribution is 2.40. The van der Waals surface area contributed by atoms with Gasteiger partial charge in [-0.3, -0.25) is 4.79 Å². The number of aromatic nitrogens is 2. The van der Waals surface area contributed by atoms with Gasteiger partial charge in [0.2, 0.25) is 11.9 Å². The largest absolute Gasteiger partial charge is 0.368 e. The summed E-state index contributed by atoms with van der Waals surface area (Å²) in [5.41, 5.74) is 7.39. The first-order valence-corrected chi connectivity index (χ1v) is 7.68. The third kappa shape index (κ3) is 2.78. The lowest BCUT2D eigenvalue weighted by atomic mass is 9.83. The number of fused-ring (bicyclic) bond motifs is 2. The van der Waals surface area contributed by atoms with Gasteiger partial charge in [0.15, 0.2) is 0 Å². The molecule has 0 radical (unpaired) electrons. The van der Waals surface area contributed by atoms with E-state index in [1.807, 2.05) is 30.1 Å². The number of ether oxygens (including phenoxy) is 1. The van der Waals surface area contributed by atoms with E-state index in [0.717, 1.165) is 30.5 Å². The summed E-state index contributed by atoms with van der Waals surface area (Å²) in [5, 5.41) is 0. The number of rotatable bonds is 2. The molecule has 0 atom stereocenters. The van der Waals surface area contributed by atoms with Crippen LogP contribution in [0.5, 0.6) is 0 Å². The SMILES string of the molecule is CN(C)CC(=O)N1CCC2(CC1)OCCc1cnc(N)nc12. The highest BCUT2D eigenvalue weighted by atomic mass is 16.5. The number of nitrogens with two attached hydrogens (primary N) is 1. The molecule has 1 aromatic rings. The van der Waals surface area contributed by atoms with Crippen LogP contribution in [0.4, 0.5) is 5.95 Å². The van der Waals surface area contributed by atoms with Crippen molar-refractivity contribution in [3.05, 3.63) is 17.5 Å². The van der Waals surface area contributed by atoms with Gasteiger partial charge in [0.25, 0.3) is 0 Å². The van der Waals surface area contributed by atoms with E-state index in [2.05, 4.69) is 9.97 Å². The Kier molecular flexibility index (Phi) is 4.01. The first kappa shape index (κ1) is 15.2. The molecule has 1 amide bonds. The molecule has 7 nitrogen and oxygen atoms in total. The van der Waals surface area contributed by atoms with Crippen molar-refractivity contribution in [3.8, 4) is 0 Å². The van der Waals surface area contributed by atoms with Crippen molar-refractivity contribution in [2.75, 3.05) is 46.1 Å². The molecule has 1 aromatic heterocycles. The number of amides is 1. The normalized spacial score (nSPS) is 20.2.